The van der Waals surface area contributed by atoms with Gasteiger partial charge in [-0.3, -0.25) is 0 Å². The highest BCUT2D eigenvalue weighted by atomic mass is 16.5. The summed E-state index contributed by atoms with van der Waals surface area (Å²) in [5.74, 6) is 0. The Morgan fingerprint density at radius 2 is 2.50 bits per heavy atom. The van der Waals surface area contributed by atoms with Crippen molar-refractivity contribution in [3.05, 3.63) is 0 Å². The molecule has 1 saturated heterocycles. The van der Waals surface area contributed by atoms with E-state index in [1.165, 1.54) is 0 Å². The van der Waals surface area contributed by atoms with Gasteiger partial charge in [-0.1, -0.05) is 0 Å². The zero-order chi connectivity index (χ0) is 8.81. The highest BCUT2D eigenvalue weighted by molar-refractivity contribution is 5.73. The molecule has 1 rings (SSSR count). The number of carbonyl (C=O) groups is 1. The maximum atomic E-state index is 10.9. The van der Waals surface area contributed by atoms with E-state index in [1.54, 1.807) is 0 Å². The van der Waals surface area contributed by atoms with Crippen molar-refractivity contribution in [2.45, 2.75) is 19.1 Å². The molecular formula is C7H14N2O3. The van der Waals surface area contributed by atoms with E-state index in [0.29, 0.717) is 6.61 Å². The van der Waals surface area contributed by atoms with E-state index in [1.807, 2.05) is 0 Å². The van der Waals surface area contributed by atoms with Gasteiger partial charge in [0.2, 0.25) is 0 Å². The van der Waals surface area contributed by atoms with Crippen LogP contribution < -0.4 is 10.6 Å². The smallest absolute Gasteiger partial charge is 0.316 e. The quantitative estimate of drug-likeness (QED) is 0.536. The van der Waals surface area contributed by atoms with Gasteiger partial charge >= 0.3 is 6.03 Å². The third-order valence-corrected chi connectivity index (χ3v) is 1.62. The number of carbonyl (C=O) groups excluding carboxylic acids is 1. The van der Waals surface area contributed by atoms with Crippen molar-refractivity contribution in [2.75, 3.05) is 19.8 Å². The fourth-order valence-corrected chi connectivity index (χ4v) is 1.06. The molecule has 0 aromatic heterocycles. The van der Waals surface area contributed by atoms with E-state index in [2.05, 4.69) is 10.6 Å². The van der Waals surface area contributed by atoms with Crippen LogP contribution in [-0.2, 0) is 4.74 Å². The van der Waals surface area contributed by atoms with Crippen LogP contribution in [0, 0.1) is 0 Å². The summed E-state index contributed by atoms with van der Waals surface area (Å²) in [7, 11) is 0. The Bertz CT molecular complexity index is 146. The van der Waals surface area contributed by atoms with E-state index in [4.69, 9.17) is 9.84 Å². The highest BCUT2D eigenvalue weighted by Crippen LogP contribution is 2.08. The van der Waals surface area contributed by atoms with E-state index in [0.717, 1.165) is 12.8 Å². The number of aliphatic hydroxyl groups excluding tert-OH is 1. The topological polar surface area (TPSA) is 70.6 Å². The molecule has 0 spiro atoms. The average Bonchev–Trinajstić information content (AvgIpc) is 2.53. The predicted molar refractivity (Wildman–Crippen MR) is 42.6 cm³/mol. The lowest BCUT2D eigenvalue weighted by molar-refractivity contribution is 0.0905. The first-order chi connectivity index (χ1) is 5.83. The van der Waals surface area contributed by atoms with Crippen molar-refractivity contribution in [1.82, 2.24) is 10.6 Å². The van der Waals surface area contributed by atoms with Gasteiger partial charge in [0.1, 0.15) is 6.23 Å². The first kappa shape index (κ1) is 9.28. The Balaban J connectivity index is 2.08. The zero-order valence-electron chi connectivity index (χ0n) is 6.88. The van der Waals surface area contributed by atoms with Gasteiger partial charge in [-0.15, -0.1) is 0 Å². The van der Waals surface area contributed by atoms with Crippen LogP contribution in [0.3, 0.4) is 0 Å². The largest absolute Gasteiger partial charge is 0.395 e. The monoisotopic (exact) mass is 174 g/mol. The minimum absolute atomic E-state index is 0.0427. The van der Waals surface area contributed by atoms with Crippen LogP contribution in [0.4, 0.5) is 4.79 Å². The molecule has 1 heterocycles. The molecule has 0 aromatic rings. The number of amides is 2. The Hall–Kier alpha value is -0.810. The van der Waals surface area contributed by atoms with Crippen LogP contribution >= 0.6 is 0 Å². The van der Waals surface area contributed by atoms with E-state index in [-0.39, 0.29) is 25.4 Å². The second kappa shape index (κ2) is 4.95. The van der Waals surface area contributed by atoms with Crippen LogP contribution in [0.1, 0.15) is 12.8 Å². The number of urea groups is 1. The molecule has 1 aliphatic heterocycles. The van der Waals surface area contributed by atoms with Crippen molar-refractivity contribution >= 4 is 6.03 Å². The Kier molecular flexibility index (Phi) is 3.83. The number of nitrogens with one attached hydrogen (secondary N) is 2. The molecule has 0 saturated carbocycles. The second-order valence-corrected chi connectivity index (χ2v) is 2.63. The lowest BCUT2D eigenvalue weighted by atomic mass is 10.3. The van der Waals surface area contributed by atoms with Crippen molar-refractivity contribution in [2.24, 2.45) is 0 Å². The normalized spacial score (nSPS) is 22.2. The molecule has 70 valence electrons. The summed E-state index contributed by atoms with van der Waals surface area (Å²) in [4.78, 5) is 10.9. The van der Waals surface area contributed by atoms with Crippen molar-refractivity contribution < 1.29 is 14.6 Å². The van der Waals surface area contributed by atoms with E-state index in [9.17, 15) is 4.79 Å². The van der Waals surface area contributed by atoms with Crippen molar-refractivity contribution in [1.29, 1.82) is 0 Å². The SMILES string of the molecule is O=C(NCCO)NC1CCCO1. The summed E-state index contributed by atoms with van der Waals surface area (Å²) in [5.41, 5.74) is 0. The minimum atomic E-state index is -0.282. The van der Waals surface area contributed by atoms with Gasteiger partial charge in [0, 0.05) is 13.2 Å². The maximum absolute atomic E-state index is 10.9. The molecule has 1 fully saturated rings. The first-order valence-corrected chi connectivity index (χ1v) is 4.10. The predicted octanol–water partition coefficient (Wildman–Crippen LogP) is -0.586. The number of aliphatic hydroxyl groups is 1. The first-order valence-electron chi connectivity index (χ1n) is 4.10. The van der Waals surface area contributed by atoms with E-state index >= 15 is 0 Å². The summed E-state index contributed by atoms with van der Waals surface area (Å²) in [6, 6.07) is -0.282. The summed E-state index contributed by atoms with van der Waals surface area (Å²) in [6.07, 6.45) is 1.71. The minimum Gasteiger partial charge on any atom is -0.395 e. The van der Waals surface area contributed by atoms with Gasteiger partial charge in [0.15, 0.2) is 0 Å². The summed E-state index contributed by atoms with van der Waals surface area (Å²) in [6.45, 7) is 0.947. The third-order valence-electron chi connectivity index (χ3n) is 1.62. The fraction of sp³-hybridized carbons (Fsp3) is 0.857. The van der Waals surface area contributed by atoms with E-state index < -0.39 is 0 Å². The van der Waals surface area contributed by atoms with Crippen LogP contribution in [-0.4, -0.2) is 37.1 Å². The van der Waals surface area contributed by atoms with Gasteiger partial charge in [-0.05, 0) is 12.8 Å². The summed E-state index contributed by atoms with van der Waals surface area (Å²) >= 11 is 0. The highest BCUT2D eigenvalue weighted by Gasteiger charge is 2.16. The Labute approximate surface area is 71.1 Å². The number of ether oxygens (including phenoxy) is 1. The molecule has 1 atom stereocenters. The molecule has 0 radical (unpaired) electrons. The van der Waals surface area contributed by atoms with Crippen LogP contribution in [0.25, 0.3) is 0 Å². The van der Waals surface area contributed by atoms with Gasteiger partial charge in [0.05, 0.1) is 6.61 Å². The maximum Gasteiger partial charge on any atom is 0.316 e. The zero-order valence-corrected chi connectivity index (χ0v) is 6.88. The van der Waals surface area contributed by atoms with Crippen molar-refractivity contribution in [3.8, 4) is 0 Å². The Morgan fingerprint density at radius 3 is 3.08 bits per heavy atom. The molecule has 0 aromatic carbocycles. The second-order valence-electron chi connectivity index (χ2n) is 2.63. The molecule has 0 bridgehead atoms. The van der Waals surface area contributed by atoms with Gasteiger partial charge in [0.25, 0.3) is 0 Å². The van der Waals surface area contributed by atoms with Crippen LogP contribution in [0.5, 0.6) is 0 Å². The number of hydrogen-bond acceptors (Lipinski definition) is 3. The molecule has 2 amide bonds. The average molecular weight is 174 g/mol. The van der Waals surface area contributed by atoms with Crippen molar-refractivity contribution in [3.63, 3.8) is 0 Å². The molecule has 5 nitrogen and oxygen atoms in total. The molecular weight excluding hydrogens is 160 g/mol. The fourth-order valence-electron chi connectivity index (χ4n) is 1.06. The standard InChI is InChI=1S/C7H14N2O3/c10-4-3-8-7(11)9-6-2-1-5-12-6/h6,10H,1-5H2,(H2,8,9,11). The lowest BCUT2D eigenvalue weighted by Crippen LogP contribution is -2.42. The van der Waals surface area contributed by atoms with Gasteiger partial charge in [-0.25, -0.2) is 4.79 Å². The van der Waals surface area contributed by atoms with Crippen LogP contribution in [0.15, 0.2) is 0 Å². The van der Waals surface area contributed by atoms with Gasteiger partial charge < -0.3 is 20.5 Å². The molecule has 1 aliphatic rings. The lowest BCUT2D eigenvalue weighted by Gasteiger charge is -2.11. The summed E-state index contributed by atoms with van der Waals surface area (Å²) in [5, 5.41) is 13.5. The third kappa shape index (κ3) is 3.06. The number of hydrogen-bond donors (Lipinski definition) is 3. The molecule has 1 unspecified atom stereocenters. The Morgan fingerprint density at radius 1 is 1.67 bits per heavy atom. The van der Waals surface area contributed by atoms with Gasteiger partial charge in [-0.2, -0.15) is 0 Å². The number of rotatable bonds is 3. The molecule has 12 heavy (non-hydrogen) atoms. The molecule has 5 heteroatoms. The van der Waals surface area contributed by atoms with Crippen LogP contribution in [0.2, 0.25) is 0 Å². The molecule has 0 aliphatic carbocycles. The summed E-state index contributed by atoms with van der Waals surface area (Å²) < 4.78 is 5.17. The molecule has 3 N–H and O–H groups in total.